The van der Waals surface area contributed by atoms with Crippen LogP contribution >= 0.6 is 38.9 Å². The molecule has 1 aromatic carbocycles. The number of sulfonamides is 1. The number of benzene rings is 1. The zero-order valence-corrected chi connectivity index (χ0v) is 16.7. The zero-order valence-electron chi connectivity index (χ0n) is 12.7. The van der Waals surface area contributed by atoms with Gasteiger partial charge in [0.2, 0.25) is 5.91 Å². The molecular formula is C14H14BrClN2O4S2. The Kier molecular flexibility index (Phi) is 6.27. The van der Waals surface area contributed by atoms with Gasteiger partial charge in [0, 0.05) is 11.5 Å². The molecule has 0 saturated heterocycles. The molecule has 0 unspecified atom stereocenters. The lowest BCUT2D eigenvalue weighted by atomic mass is 10.3. The number of nitrogens with zero attached hydrogens (tertiary/aromatic N) is 1. The molecule has 0 radical (unpaired) electrons. The molecule has 0 aliphatic rings. The first-order chi connectivity index (χ1) is 11.2. The molecule has 1 N–H and O–H groups in total. The predicted molar refractivity (Wildman–Crippen MR) is 98.5 cm³/mol. The number of hydrogen-bond acceptors (Lipinski definition) is 5. The van der Waals surface area contributed by atoms with Crippen LogP contribution in [0.2, 0.25) is 4.34 Å². The summed E-state index contributed by atoms with van der Waals surface area (Å²) in [6.45, 7) is -0.340. The number of methoxy groups -OCH3 is 1. The number of thiophene rings is 1. The third kappa shape index (κ3) is 4.48. The Labute approximate surface area is 157 Å². The van der Waals surface area contributed by atoms with E-state index in [0.717, 1.165) is 20.1 Å². The number of nitrogens with one attached hydrogen (secondary N) is 1. The van der Waals surface area contributed by atoms with Crippen LogP contribution in [0.3, 0.4) is 0 Å². The van der Waals surface area contributed by atoms with Gasteiger partial charge in [-0.2, -0.15) is 4.31 Å². The van der Waals surface area contributed by atoms with Gasteiger partial charge >= 0.3 is 0 Å². The van der Waals surface area contributed by atoms with Crippen molar-refractivity contribution in [3.05, 3.63) is 39.1 Å². The summed E-state index contributed by atoms with van der Waals surface area (Å²) in [4.78, 5) is 12.2. The average Bonchev–Trinajstić information content (AvgIpc) is 2.94. The average molecular weight is 454 g/mol. The molecule has 2 rings (SSSR count). The van der Waals surface area contributed by atoms with Crippen molar-refractivity contribution in [2.75, 3.05) is 26.0 Å². The summed E-state index contributed by atoms with van der Waals surface area (Å²) in [7, 11) is -0.947. The van der Waals surface area contributed by atoms with Gasteiger partial charge in [-0.05, 0) is 30.3 Å². The van der Waals surface area contributed by atoms with Crippen molar-refractivity contribution >= 4 is 60.5 Å². The second-order valence-electron chi connectivity index (χ2n) is 4.71. The highest BCUT2D eigenvalue weighted by Crippen LogP contribution is 2.29. The minimum Gasteiger partial charge on any atom is -0.495 e. The molecule has 1 heterocycles. The fourth-order valence-corrected chi connectivity index (χ4v) is 5.03. The summed E-state index contributed by atoms with van der Waals surface area (Å²) in [5.74, 6) is -0.0118. The summed E-state index contributed by atoms with van der Waals surface area (Å²) in [6.07, 6.45) is 0. The van der Waals surface area contributed by atoms with E-state index in [4.69, 9.17) is 16.3 Å². The summed E-state index contributed by atoms with van der Waals surface area (Å²) >= 11 is 10.0. The van der Waals surface area contributed by atoms with Crippen LogP contribution in [0.15, 0.2) is 39.0 Å². The van der Waals surface area contributed by atoms with E-state index in [1.807, 2.05) is 0 Å². The third-order valence-corrected chi connectivity index (χ3v) is 7.01. The summed E-state index contributed by atoms with van der Waals surface area (Å²) in [6, 6.07) is 8.04. The minimum atomic E-state index is -3.76. The molecule has 0 bridgehead atoms. The van der Waals surface area contributed by atoms with E-state index >= 15 is 0 Å². The Balaban J connectivity index is 2.11. The topological polar surface area (TPSA) is 75.7 Å². The van der Waals surface area contributed by atoms with E-state index in [1.54, 1.807) is 18.2 Å². The van der Waals surface area contributed by atoms with Crippen LogP contribution in [-0.2, 0) is 14.8 Å². The lowest BCUT2D eigenvalue weighted by molar-refractivity contribution is -0.116. The lowest BCUT2D eigenvalue weighted by Crippen LogP contribution is -2.34. The second-order valence-corrected chi connectivity index (χ2v) is 9.61. The van der Waals surface area contributed by atoms with Crippen molar-refractivity contribution < 1.29 is 17.9 Å². The predicted octanol–water partition coefficient (Wildman–Crippen LogP) is 3.43. The Morgan fingerprint density at radius 1 is 1.38 bits per heavy atom. The highest BCUT2D eigenvalue weighted by atomic mass is 79.9. The van der Waals surface area contributed by atoms with Gasteiger partial charge in [0.1, 0.15) is 9.96 Å². The highest BCUT2D eigenvalue weighted by molar-refractivity contribution is 9.10. The number of amides is 1. The van der Waals surface area contributed by atoms with Crippen molar-refractivity contribution in [3.8, 4) is 5.75 Å². The van der Waals surface area contributed by atoms with Crippen LogP contribution in [0.4, 0.5) is 5.69 Å². The van der Waals surface area contributed by atoms with Crippen molar-refractivity contribution in [1.82, 2.24) is 4.31 Å². The molecule has 1 amide bonds. The van der Waals surface area contributed by atoms with Crippen molar-refractivity contribution in [1.29, 1.82) is 0 Å². The SMILES string of the molecule is COc1ccc(Br)cc1NC(=O)CN(C)S(=O)(=O)c1ccc(Cl)s1. The van der Waals surface area contributed by atoms with E-state index in [2.05, 4.69) is 21.2 Å². The van der Waals surface area contributed by atoms with E-state index in [9.17, 15) is 13.2 Å². The largest absolute Gasteiger partial charge is 0.495 e. The van der Waals surface area contributed by atoms with Crippen LogP contribution in [0, 0.1) is 0 Å². The maximum atomic E-state index is 12.4. The third-order valence-electron chi connectivity index (χ3n) is 3.01. The van der Waals surface area contributed by atoms with Crippen LogP contribution in [0.5, 0.6) is 5.75 Å². The van der Waals surface area contributed by atoms with Crippen LogP contribution < -0.4 is 10.1 Å². The highest BCUT2D eigenvalue weighted by Gasteiger charge is 2.25. The van der Waals surface area contributed by atoms with Gasteiger partial charge in [-0.1, -0.05) is 27.5 Å². The first kappa shape index (κ1) is 19.2. The quantitative estimate of drug-likeness (QED) is 0.727. The van der Waals surface area contributed by atoms with E-state index in [0.29, 0.717) is 15.8 Å². The van der Waals surface area contributed by atoms with Gasteiger partial charge in [0.15, 0.2) is 0 Å². The number of ether oxygens (including phenoxy) is 1. The Morgan fingerprint density at radius 2 is 2.08 bits per heavy atom. The molecule has 24 heavy (non-hydrogen) atoms. The van der Waals surface area contributed by atoms with Gasteiger partial charge in [-0.3, -0.25) is 4.79 Å². The number of hydrogen-bond donors (Lipinski definition) is 1. The number of anilines is 1. The fourth-order valence-electron chi connectivity index (χ4n) is 1.84. The fraction of sp³-hybridized carbons (Fsp3) is 0.214. The smallest absolute Gasteiger partial charge is 0.252 e. The minimum absolute atomic E-state index is 0.0860. The monoisotopic (exact) mass is 452 g/mol. The summed E-state index contributed by atoms with van der Waals surface area (Å²) in [5.41, 5.74) is 0.446. The number of rotatable bonds is 6. The maximum Gasteiger partial charge on any atom is 0.252 e. The number of carbonyl (C=O) groups excluding carboxylic acids is 1. The second kappa shape index (κ2) is 7.83. The molecule has 10 heteroatoms. The van der Waals surface area contributed by atoms with Gasteiger partial charge in [-0.25, -0.2) is 8.42 Å². The molecule has 0 fully saturated rings. The molecule has 6 nitrogen and oxygen atoms in total. The first-order valence-electron chi connectivity index (χ1n) is 6.59. The normalized spacial score (nSPS) is 11.5. The molecule has 2 aromatic rings. The van der Waals surface area contributed by atoms with Gasteiger partial charge < -0.3 is 10.1 Å². The van der Waals surface area contributed by atoms with Crippen molar-refractivity contribution in [3.63, 3.8) is 0 Å². The molecule has 0 aliphatic heterocycles. The van der Waals surface area contributed by atoms with Crippen molar-refractivity contribution in [2.24, 2.45) is 0 Å². The standard InChI is InChI=1S/C14H14BrClN2O4S2/c1-18(24(20,21)14-6-5-12(16)23-14)8-13(19)17-10-7-9(15)3-4-11(10)22-2/h3-7H,8H2,1-2H3,(H,17,19). The van der Waals surface area contributed by atoms with Crippen LogP contribution in [0.1, 0.15) is 0 Å². The lowest BCUT2D eigenvalue weighted by Gasteiger charge is -2.16. The van der Waals surface area contributed by atoms with E-state index in [-0.39, 0.29) is 10.8 Å². The zero-order chi connectivity index (χ0) is 17.9. The maximum absolute atomic E-state index is 12.4. The summed E-state index contributed by atoms with van der Waals surface area (Å²) < 4.78 is 32.1. The van der Waals surface area contributed by atoms with E-state index < -0.39 is 15.9 Å². The number of likely N-dealkylation sites (N-methyl/N-ethyl adjacent to an activating group) is 1. The van der Waals surface area contributed by atoms with Gasteiger partial charge in [0.25, 0.3) is 10.0 Å². The molecular weight excluding hydrogens is 440 g/mol. The van der Waals surface area contributed by atoms with E-state index in [1.165, 1.54) is 26.3 Å². The number of carbonyl (C=O) groups is 1. The summed E-state index contributed by atoms with van der Waals surface area (Å²) in [5, 5.41) is 2.64. The van der Waals surface area contributed by atoms with Crippen LogP contribution in [0.25, 0.3) is 0 Å². The molecule has 130 valence electrons. The Bertz CT molecular complexity index is 854. The first-order valence-corrected chi connectivity index (χ1v) is 10.0. The Morgan fingerprint density at radius 3 is 2.67 bits per heavy atom. The van der Waals surface area contributed by atoms with Crippen molar-refractivity contribution in [2.45, 2.75) is 4.21 Å². The molecule has 0 spiro atoms. The van der Waals surface area contributed by atoms with Crippen LogP contribution in [-0.4, -0.2) is 39.3 Å². The van der Waals surface area contributed by atoms with Gasteiger partial charge in [0.05, 0.1) is 23.7 Å². The molecule has 0 atom stereocenters. The molecule has 0 aliphatic carbocycles. The van der Waals surface area contributed by atoms with Gasteiger partial charge in [-0.15, -0.1) is 11.3 Å². The Hall–Kier alpha value is -1.13. The number of halogens is 2. The molecule has 0 saturated carbocycles. The molecule has 1 aromatic heterocycles.